The van der Waals surface area contributed by atoms with E-state index in [4.69, 9.17) is 0 Å². The summed E-state index contributed by atoms with van der Waals surface area (Å²) in [5, 5.41) is 9.65. The predicted octanol–water partition coefficient (Wildman–Crippen LogP) is 2.90. The molecule has 0 unspecified atom stereocenters. The first-order valence-electron chi connectivity index (χ1n) is 8.56. The molecular weight excluding hydrogens is 403 g/mol. The van der Waals surface area contributed by atoms with Gasteiger partial charge in [0.1, 0.15) is 0 Å². The molecule has 1 aliphatic carbocycles. The zero-order valence-corrected chi connectivity index (χ0v) is 17.8. The molecule has 136 valence electrons. The Morgan fingerprint density at radius 1 is 1.09 bits per heavy atom. The van der Waals surface area contributed by atoms with Gasteiger partial charge < -0.3 is 16.0 Å². The molecule has 0 radical (unpaired) electrons. The lowest BCUT2D eigenvalue weighted by atomic mass is 9.83. The van der Waals surface area contributed by atoms with Gasteiger partial charge in [0.15, 0.2) is 5.96 Å². The molecular formula is C17H35IN4O. The molecule has 1 aliphatic rings. The van der Waals surface area contributed by atoms with Gasteiger partial charge in [0, 0.05) is 32.1 Å². The summed E-state index contributed by atoms with van der Waals surface area (Å²) < 4.78 is 0. The Labute approximate surface area is 158 Å². The zero-order chi connectivity index (χ0) is 16.6. The van der Waals surface area contributed by atoms with Crippen LogP contribution in [0, 0.1) is 10.8 Å². The highest BCUT2D eigenvalue weighted by Crippen LogP contribution is 2.40. The molecule has 1 amide bonds. The van der Waals surface area contributed by atoms with Crippen molar-refractivity contribution in [2.75, 3.05) is 26.7 Å². The van der Waals surface area contributed by atoms with Crippen LogP contribution >= 0.6 is 24.0 Å². The molecule has 0 heterocycles. The van der Waals surface area contributed by atoms with Crippen molar-refractivity contribution in [1.29, 1.82) is 0 Å². The highest BCUT2D eigenvalue weighted by atomic mass is 127. The minimum Gasteiger partial charge on any atom is -0.356 e. The average Bonchev–Trinajstić information content (AvgIpc) is 2.94. The molecule has 3 N–H and O–H groups in total. The van der Waals surface area contributed by atoms with E-state index in [1.54, 1.807) is 7.05 Å². The third-order valence-electron chi connectivity index (χ3n) is 4.65. The SMILES string of the molecule is CCC1(CNC(=NC)NCCNC(=O)C(C)(C)C)CCCC1.I. The Balaban J connectivity index is 0.00000484. The van der Waals surface area contributed by atoms with Crippen LogP contribution in [0.4, 0.5) is 0 Å². The molecule has 1 rings (SSSR count). The van der Waals surface area contributed by atoms with Gasteiger partial charge >= 0.3 is 0 Å². The normalized spacial score (nSPS) is 17.3. The van der Waals surface area contributed by atoms with Crippen LogP contribution in [0.5, 0.6) is 0 Å². The van der Waals surface area contributed by atoms with Crippen LogP contribution in [0.25, 0.3) is 0 Å². The standard InChI is InChI=1S/C17H34N4O.HI/c1-6-17(9-7-8-10-17)13-21-15(18-5)20-12-11-19-14(22)16(2,3)4;/h6-13H2,1-5H3,(H,19,22)(H2,18,20,21);1H. The van der Waals surface area contributed by atoms with Crippen LogP contribution < -0.4 is 16.0 Å². The van der Waals surface area contributed by atoms with Gasteiger partial charge in [-0.25, -0.2) is 0 Å². The van der Waals surface area contributed by atoms with E-state index in [9.17, 15) is 4.79 Å². The van der Waals surface area contributed by atoms with Gasteiger partial charge in [-0.1, -0.05) is 40.5 Å². The van der Waals surface area contributed by atoms with Gasteiger partial charge in [-0.15, -0.1) is 24.0 Å². The Morgan fingerprint density at radius 2 is 1.65 bits per heavy atom. The highest BCUT2D eigenvalue weighted by Gasteiger charge is 2.31. The van der Waals surface area contributed by atoms with E-state index in [1.807, 2.05) is 20.8 Å². The van der Waals surface area contributed by atoms with E-state index in [1.165, 1.54) is 32.1 Å². The topological polar surface area (TPSA) is 65.5 Å². The summed E-state index contributed by atoms with van der Waals surface area (Å²) in [6.45, 7) is 10.3. The van der Waals surface area contributed by atoms with Crippen LogP contribution in [-0.2, 0) is 4.79 Å². The van der Waals surface area contributed by atoms with E-state index in [0.717, 1.165) is 12.5 Å². The Morgan fingerprint density at radius 3 is 2.13 bits per heavy atom. The Bertz CT molecular complexity index is 385. The van der Waals surface area contributed by atoms with E-state index in [0.29, 0.717) is 18.5 Å². The molecule has 0 atom stereocenters. The van der Waals surface area contributed by atoms with E-state index in [2.05, 4.69) is 27.9 Å². The summed E-state index contributed by atoms with van der Waals surface area (Å²) in [4.78, 5) is 16.0. The van der Waals surface area contributed by atoms with Gasteiger partial charge in [-0.3, -0.25) is 9.79 Å². The number of halogens is 1. The van der Waals surface area contributed by atoms with Crippen molar-refractivity contribution >= 4 is 35.8 Å². The van der Waals surface area contributed by atoms with Crippen molar-refractivity contribution in [1.82, 2.24) is 16.0 Å². The first-order valence-corrected chi connectivity index (χ1v) is 8.56. The largest absolute Gasteiger partial charge is 0.356 e. The number of rotatable bonds is 6. The summed E-state index contributed by atoms with van der Waals surface area (Å²) in [6.07, 6.45) is 6.55. The fourth-order valence-electron chi connectivity index (χ4n) is 2.89. The zero-order valence-electron chi connectivity index (χ0n) is 15.4. The fraction of sp³-hybridized carbons (Fsp3) is 0.882. The van der Waals surface area contributed by atoms with Crippen molar-refractivity contribution in [3.63, 3.8) is 0 Å². The monoisotopic (exact) mass is 438 g/mol. The maximum Gasteiger partial charge on any atom is 0.225 e. The molecule has 0 saturated heterocycles. The fourth-order valence-corrected chi connectivity index (χ4v) is 2.89. The van der Waals surface area contributed by atoms with Crippen molar-refractivity contribution in [3.05, 3.63) is 0 Å². The molecule has 5 nitrogen and oxygen atoms in total. The maximum absolute atomic E-state index is 11.8. The third-order valence-corrected chi connectivity index (χ3v) is 4.65. The Hall–Kier alpha value is -0.530. The summed E-state index contributed by atoms with van der Waals surface area (Å²) in [5.74, 6) is 0.901. The Kier molecular flexibility index (Phi) is 10.1. The second kappa shape index (κ2) is 10.4. The van der Waals surface area contributed by atoms with Gasteiger partial charge in [0.25, 0.3) is 0 Å². The lowest BCUT2D eigenvalue weighted by Gasteiger charge is -2.28. The molecule has 0 spiro atoms. The lowest BCUT2D eigenvalue weighted by molar-refractivity contribution is -0.128. The lowest BCUT2D eigenvalue weighted by Crippen LogP contribution is -2.46. The summed E-state index contributed by atoms with van der Waals surface area (Å²) in [5.41, 5.74) is 0.105. The molecule has 0 bridgehead atoms. The first kappa shape index (κ1) is 22.5. The molecule has 6 heteroatoms. The number of hydrogen-bond donors (Lipinski definition) is 3. The van der Waals surface area contributed by atoms with E-state index >= 15 is 0 Å². The van der Waals surface area contributed by atoms with Crippen molar-refractivity contribution in [2.45, 2.75) is 59.8 Å². The number of nitrogens with zero attached hydrogens (tertiary/aromatic N) is 1. The second-order valence-electron chi connectivity index (χ2n) is 7.42. The number of hydrogen-bond acceptors (Lipinski definition) is 2. The predicted molar refractivity (Wildman–Crippen MR) is 108 cm³/mol. The quantitative estimate of drug-likeness (QED) is 0.259. The smallest absolute Gasteiger partial charge is 0.225 e. The van der Waals surface area contributed by atoms with Crippen molar-refractivity contribution < 1.29 is 4.79 Å². The van der Waals surface area contributed by atoms with Gasteiger partial charge in [0.2, 0.25) is 5.91 Å². The van der Waals surface area contributed by atoms with Gasteiger partial charge in [-0.2, -0.15) is 0 Å². The second-order valence-corrected chi connectivity index (χ2v) is 7.42. The molecule has 0 aromatic heterocycles. The summed E-state index contributed by atoms with van der Waals surface area (Å²) >= 11 is 0. The van der Waals surface area contributed by atoms with Crippen LogP contribution in [0.1, 0.15) is 59.8 Å². The molecule has 1 saturated carbocycles. The van der Waals surface area contributed by atoms with Crippen molar-refractivity contribution in [2.24, 2.45) is 15.8 Å². The van der Waals surface area contributed by atoms with E-state index in [-0.39, 0.29) is 35.3 Å². The number of carbonyl (C=O) groups excluding carboxylic acids is 1. The average molecular weight is 438 g/mol. The molecule has 1 fully saturated rings. The minimum atomic E-state index is -0.337. The van der Waals surface area contributed by atoms with Crippen molar-refractivity contribution in [3.8, 4) is 0 Å². The van der Waals surface area contributed by atoms with Crippen LogP contribution in [0.3, 0.4) is 0 Å². The first-order chi connectivity index (χ1) is 10.3. The number of amides is 1. The maximum atomic E-state index is 11.8. The molecule has 0 aliphatic heterocycles. The van der Waals surface area contributed by atoms with Crippen LogP contribution in [-0.4, -0.2) is 38.5 Å². The third kappa shape index (κ3) is 7.72. The molecule has 0 aromatic rings. The number of aliphatic imine (C=N–C) groups is 1. The van der Waals surface area contributed by atoms with Gasteiger partial charge in [-0.05, 0) is 24.7 Å². The number of guanidine groups is 1. The highest BCUT2D eigenvalue weighted by molar-refractivity contribution is 14.0. The summed E-state index contributed by atoms with van der Waals surface area (Å²) in [6, 6.07) is 0. The molecule has 23 heavy (non-hydrogen) atoms. The van der Waals surface area contributed by atoms with E-state index < -0.39 is 0 Å². The number of nitrogens with one attached hydrogen (secondary N) is 3. The van der Waals surface area contributed by atoms with Gasteiger partial charge in [0.05, 0.1) is 0 Å². The number of carbonyl (C=O) groups is 1. The summed E-state index contributed by atoms with van der Waals surface area (Å²) in [7, 11) is 1.79. The van der Waals surface area contributed by atoms with Crippen LogP contribution in [0.15, 0.2) is 4.99 Å². The molecule has 0 aromatic carbocycles. The van der Waals surface area contributed by atoms with Crippen LogP contribution in [0.2, 0.25) is 0 Å². The minimum absolute atomic E-state index is 0.